The summed E-state index contributed by atoms with van der Waals surface area (Å²) in [6, 6.07) is 29.7. The van der Waals surface area contributed by atoms with Gasteiger partial charge in [-0.25, -0.2) is 4.20 Å². The topological polar surface area (TPSA) is 54.0 Å². The standard InChI is InChI=1S/C65H86F5O5PS2/c1-19-43-29-41(3)21-27-49(43)54-31-45-23-25-47(33-52(45)77-54)74-62(15,16)36-60(11,12)57(73-40-76(70)39-65(68,69)64(66,67)38-72-56(71)51(59(8,9)10)35-58(5,6)7)61(13,14)37-63(17,18)75-48-26-24-46-32-55(78-53(46)34-48)50-28-22-42(4)30-44(50)20-2/h21-34,51,57H,19-20,35-40H2,1-18H3. The fourth-order valence-electron chi connectivity index (χ4n) is 11.8. The van der Waals surface area contributed by atoms with Crippen LogP contribution >= 0.6 is 30.9 Å². The van der Waals surface area contributed by atoms with Crippen molar-refractivity contribution < 1.29 is 45.5 Å². The largest absolute Gasteiger partial charge is 0.488 e. The lowest BCUT2D eigenvalue weighted by Crippen LogP contribution is -2.51. The molecule has 0 N–H and O–H groups in total. The maximum absolute atomic E-state index is 16.3. The van der Waals surface area contributed by atoms with Crippen LogP contribution in [0.4, 0.5) is 21.8 Å². The van der Waals surface area contributed by atoms with E-state index >= 15 is 21.8 Å². The second-order valence-electron chi connectivity index (χ2n) is 26.7. The van der Waals surface area contributed by atoms with E-state index in [1.165, 1.54) is 43.1 Å². The molecule has 2 unspecified atom stereocenters. The van der Waals surface area contributed by atoms with Crippen molar-refractivity contribution in [3.8, 4) is 32.4 Å². The van der Waals surface area contributed by atoms with Crippen molar-refractivity contribution >= 4 is 57.0 Å². The first-order valence-corrected chi connectivity index (χ1v) is 30.7. The van der Waals surface area contributed by atoms with E-state index in [9.17, 15) is 4.79 Å². The number of aryl methyl sites for hydroxylation is 4. The quantitative estimate of drug-likeness (QED) is 0.0343. The number of thiophene rings is 2. The van der Waals surface area contributed by atoms with Gasteiger partial charge in [0.1, 0.15) is 30.9 Å². The van der Waals surface area contributed by atoms with Gasteiger partial charge in [-0.05, 0) is 177 Å². The minimum absolute atomic E-state index is 0.297. The van der Waals surface area contributed by atoms with Gasteiger partial charge in [0.05, 0.1) is 24.5 Å². The highest BCUT2D eigenvalue weighted by atomic mass is 32.1. The zero-order valence-electron chi connectivity index (χ0n) is 49.6. The Hall–Kier alpha value is -4.09. The molecule has 2 atom stereocenters. The number of hydrogen-bond acceptors (Lipinski definition) is 7. The third kappa shape index (κ3) is 16.1. The van der Waals surface area contributed by atoms with E-state index in [1.54, 1.807) is 43.4 Å². The average molecular weight is 1140 g/mol. The van der Waals surface area contributed by atoms with Gasteiger partial charge in [-0.1, -0.05) is 131 Å². The Morgan fingerprint density at radius 2 is 1.03 bits per heavy atom. The predicted molar refractivity (Wildman–Crippen MR) is 319 cm³/mol. The van der Waals surface area contributed by atoms with E-state index in [4.69, 9.17) is 18.9 Å². The summed E-state index contributed by atoms with van der Waals surface area (Å²) in [6.45, 7) is 33.6. The van der Waals surface area contributed by atoms with Gasteiger partial charge in [0.15, 0.2) is 6.61 Å². The van der Waals surface area contributed by atoms with Gasteiger partial charge in [-0.15, -0.1) is 22.7 Å². The Balaban J connectivity index is 1.23. The van der Waals surface area contributed by atoms with E-state index in [-0.39, 0.29) is 5.41 Å². The molecular formula is C65H86F5O5PS2. The number of alkyl halides is 4. The Bertz CT molecular complexity index is 2870. The lowest BCUT2D eigenvalue weighted by molar-refractivity contribution is -0.223. The number of halogens is 5. The maximum atomic E-state index is 16.3. The Morgan fingerprint density at radius 3 is 1.42 bits per heavy atom. The van der Waals surface area contributed by atoms with Crippen LogP contribution in [0.2, 0.25) is 0 Å². The molecule has 13 heteroatoms. The molecule has 0 spiro atoms. The molecule has 6 aromatic rings. The summed E-state index contributed by atoms with van der Waals surface area (Å²) in [4.78, 5) is 15.5. The summed E-state index contributed by atoms with van der Waals surface area (Å²) in [5.41, 5.74) is 3.12. The lowest BCUT2D eigenvalue weighted by atomic mass is 9.64. The van der Waals surface area contributed by atoms with Crippen molar-refractivity contribution in [3.05, 3.63) is 107 Å². The number of benzene rings is 4. The second-order valence-corrected chi connectivity index (χ2v) is 30.4. The summed E-state index contributed by atoms with van der Waals surface area (Å²) in [5.74, 6) is -10.1. The van der Waals surface area contributed by atoms with E-state index in [0.29, 0.717) is 30.8 Å². The third-order valence-corrected chi connectivity index (χ3v) is 18.0. The smallest absolute Gasteiger partial charge is 0.343 e. The normalized spacial score (nSPS) is 14.4. The van der Waals surface area contributed by atoms with Gasteiger partial charge in [0, 0.05) is 19.2 Å². The average Bonchev–Trinajstić information content (AvgIpc) is 3.95. The molecule has 78 heavy (non-hydrogen) atoms. The SMILES string of the molecule is CCc1cc(C)ccc1-c1cc2ccc(OC(C)(C)CC(C)(C)C(OCP(F)CC(F)(F)C(F)(F)COC(=O)C(CC(C)(C)C)C(C)(C)C)C(C)(C)CC(C)(C)Oc3ccc4cc(-c5ccc(C)cc5CC)sc4c3)cc2s1. The number of hydrogen-bond donors (Lipinski definition) is 0. The van der Waals surface area contributed by atoms with Crippen LogP contribution in [0, 0.1) is 41.4 Å². The number of carbonyl (C=O) groups is 1. The molecule has 0 aliphatic heterocycles. The van der Waals surface area contributed by atoms with Crippen molar-refractivity contribution in [3.63, 3.8) is 0 Å². The first kappa shape index (κ1) is 63.1. The molecule has 2 aromatic heterocycles. The van der Waals surface area contributed by atoms with Crippen LogP contribution in [0.15, 0.2) is 84.9 Å². The molecule has 5 nitrogen and oxygen atoms in total. The molecule has 0 saturated heterocycles. The van der Waals surface area contributed by atoms with Crippen LogP contribution in [0.1, 0.15) is 152 Å². The van der Waals surface area contributed by atoms with Crippen molar-refractivity contribution in [2.75, 3.05) is 19.1 Å². The fourth-order valence-corrected chi connectivity index (χ4v) is 15.1. The molecule has 428 valence electrons. The Kier molecular flexibility index (Phi) is 19.2. The zero-order chi connectivity index (χ0) is 58.2. The highest BCUT2D eigenvalue weighted by Crippen LogP contribution is 2.52. The van der Waals surface area contributed by atoms with Crippen LogP contribution < -0.4 is 9.47 Å². The molecule has 0 aliphatic carbocycles. The minimum Gasteiger partial charge on any atom is -0.488 e. The molecule has 0 bridgehead atoms. The number of ether oxygens (including phenoxy) is 4. The lowest BCUT2D eigenvalue weighted by Gasteiger charge is -2.49. The van der Waals surface area contributed by atoms with E-state index in [0.717, 1.165) is 33.0 Å². The van der Waals surface area contributed by atoms with Gasteiger partial charge in [-0.2, -0.15) is 17.6 Å². The summed E-state index contributed by atoms with van der Waals surface area (Å²) in [7, 11) is -3.31. The van der Waals surface area contributed by atoms with Gasteiger partial charge in [-0.3, -0.25) is 4.79 Å². The first-order chi connectivity index (χ1) is 35.8. The summed E-state index contributed by atoms with van der Waals surface area (Å²) in [5, 5.41) is 2.21. The highest BCUT2D eigenvalue weighted by molar-refractivity contribution is 7.52. The fraction of sp³-hybridized carbons (Fsp3) is 0.554. The molecule has 0 fully saturated rings. The number of esters is 1. The zero-order valence-corrected chi connectivity index (χ0v) is 52.1. The molecule has 4 aromatic carbocycles. The maximum Gasteiger partial charge on any atom is 0.343 e. The molecule has 0 radical (unpaired) electrons. The number of carbonyl (C=O) groups excluding carboxylic acids is 1. The summed E-state index contributed by atoms with van der Waals surface area (Å²) in [6.07, 6.45) is -0.540. The van der Waals surface area contributed by atoms with Crippen LogP contribution in [-0.4, -0.2) is 54.2 Å². The highest BCUT2D eigenvalue weighted by Gasteiger charge is 2.59. The molecule has 0 amide bonds. The molecule has 6 rings (SSSR count). The second kappa shape index (κ2) is 23.8. The van der Waals surface area contributed by atoms with Crippen molar-refractivity contribution in [2.24, 2.45) is 27.6 Å². The van der Waals surface area contributed by atoms with Crippen LogP contribution in [-0.2, 0) is 27.1 Å². The van der Waals surface area contributed by atoms with Crippen molar-refractivity contribution in [1.82, 2.24) is 0 Å². The van der Waals surface area contributed by atoms with Crippen LogP contribution in [0.25, 0.3) is 41.1 Å². The van der Waals surface area contributed by atoms with Gasteiger partial charge in [0.25, 0.3) is 0 Å². The van der Waals surface area contributed by atoms with Gasteiger partial charge in [0.2, 0.25) is 0 Å². The Labute approximate surface area is 472 Å². The molecule has 0 aliphatic rings. The van der Waals surface area contributed by atoms with E-state index < -0.39 is 84.6 Å². The van der Waals surface area contributed by atoms with Crippen molar-refractivity contribution in [1.29, 1.82) is 0 Å². The van der Waals surface area contributed by atoms with E-state index in [2.05, 4.69) is 100 Å². The monoisotopic (exact) mass is 1140 g/mol. The van der Waals surface area contributed by atoms with Crippen LogP contribution in [0.3, 0.4) is 0 Å². The predicted octanol–water partition coefficient (Wildman–Crippen LogP) is 20.7. The first-order valence-electron chi connectivity index (χ1n) is 27.4. The minimum atomic E-state index is -4.84. The molecule has 0 saturated carbocycles. The number of fused-ring (bicyclic) bond motifs is 2. The third-order valence-electron chi connectivity index (χ3n) is 14.6. The van der Waals surface area contributed by atoms with Crippen LogP contribution in [0.5, 0.6) is 11.5 Å². The molecule has 2 heterocycles. The summed E-state index contributed by atoms with van der Waals surface area (Å²) >= 11 is 3.42. The van der Waals surface area contributed by atoms with Gasteiger partial charge >= 0.3 is 17.8 Å². The number of rotatable bonds is 24. The van der Waals surface area contributed by atoms with Gasteiger partial charge < -0.3 is 18.9 Å². The van der Waals surface area contributed by atoms with Crippen molar-refractivity contribution in [2.45, 2.75) is 186 Å². The van der Waals surface area contributed by atoms with E-state index in [1.807, 2.05) is 88.3 Å². The Morgan fingerprint density at radius 1 is 0.590 bits per heavy atom. The molecular weight excluding hydrogens is 1050 g/mol. The summed E-state index contributed by atoms with van der Waals surface area (Å²) < 4.78 is 106.